The number of aliphatic hydroxyl groups excluding tert-OH is 1. The SMILES string of the molecule is CN(CCCO)S(=O)(=O)Nc1ccc(I)cc1Cl. The number of rotatable bonds is 6. The van der Waals surface area contributed by atoms with E-state index in [0.717, 1.165) is 7.88 Å². The largest absolute Gasteiger partial charge is 0.396 e. The predicted octanol–water partition coefficient (Wildman–Crippen LogP) is 1.92. The summed E-state index contributed by atoms with van der Waals surface area (Å²) in [6.45, 7) is 0.192. The van der Waals surface area contributed by atoms with Crippen molar-refractivity contribution in [3.63, 3.8) is 0 Å². The maximum atomic E-state index is 11.9. The van der Waals surface area contributed by atoms with Crippen LogP contribution < -0.4 is 4.72 Å². The lowest BCUT2D eigenvalue weighted by atomic mass is 10.3. The maximum absolute atomic E-state index is 11.9. The molecule has 0 saturated heterocycles. The van der Waals surface area contributed by atoms with Crippen molar-refractivity contribution >= 4 is 50.1 Å². The molecule has 0 spiro atoms. The van der Waals surface area contributed by atoms with Crippen molar-refractivity contribution in [1.29, 1.82) is 0 Å². The molecule has 0 heterocycles. The minimum absolute atomic E-state index is 0.0514. The molecule has 0 bridgehead atoms. The molecule has 1 aromatic rings. The number of anilines is 1. The van der Waals surface area contributed by atoms with Crippen LogP contribution in [-0.2, 0) is 10.2 Å². The van der Waals surface area contributed by atoms with Gasteiger partial charge in [0, 0.05) is 23.8 Å². The van der Waals surface area contributed by atoms with Crippen LogP contribution in [0.5, 0.6) is 0 Å². The zero-order valence-corrected chi connectivity index (χ0v) is 13.5. The number of aliphatic hydroxyl groups is 1. The topological polar surface area (TPSA) is 69.6 Å². The maximum Gasteiger partial charge on any atom is 0.301 e. The highest BCUT2D eigenvalue weighted by atomic mass is 127. The van der Waals surface area contributed by atoms with Crippen molar-refractivity contribution in [1.82, 2.24) is 4.31 Å². The zero-order chi connectivity index (χ0) is 13.8. The predicted molar refractivity (Wildman–Crippen MR) is 81.0 cm³/mol. The van der Waals surface area contributed by atoms with Gasteiger partial charge in [0.05, 0.1) is 10.7 Å². The van der Waals surface area contributed by atoms with Crippen molar-refractivity contribution in [2.45, 2.75) is 6.42 Å². The summed E-state index contributed by atoms with van der Waals surface area (Å²) in [4.78, 5) is 0. The molecule has 0 fully saturated rings. The summed E-state index contributed by atoms with van der Waals surface area (Å²) in [5.74, 6) is 0. The van der Waals surface area contributed by atoms with E-state index < -0.39 is 10.2 Å². The number of hydrogen-bond acceptors (Lipinski definition) is 3. The van der Waals surface area contributed by atoms with Gasteiger partial charge in [-0.15, -0.1) is 0 Å². The standard InChI is InChI=1S/C10H14ClIN2O3S/c1-14(5-2-6-15)18(16,17)13-10-4-3-8(12)7-9(10)11/h3-4,7,13,15H,2,5-6H2,1H3. The van der Waals surface area contributed by atoms with Crippen LogP contribution in [0.1, 0.15) is 6.42 Å². The minimum Gasteiger partial charge on any atom is -0.396 e. The second kappa shape index (κ2) is 6.90. The van der Waals surface area contributed by atoms with Crippen LogP contribution in [0.2, 0.25) is 5.02 Å². The number of halogens is 2. The van der Waals surface area contributed by atoms with Gasteiger partial charge in [0.15, 0.2) is 0 Å². The van der Waals surface area contributed by atoms with E-state index in [2.05, 4.69) is 27.3 Å². The first-order valence-corrected chi connectivity index (χ1v) is 8.06. The summed E-state index contributed by atoms with van der Waals surface area (Å²) in [7, 11) is -2.19. The lowest BCUT2D eigenvalue weighted by Gasteiger charge is -2.18. The smallest absolute Gasteiger partial charge is 0.301 e. The third-order valence-electron chi connectivity index (χ3n) is 2.21. The normalized spacial score (nSPS) is 11.8. The molecule has 0 aromatic heterocycles. The quantitative estimate of drug-likeness (QED) is 0.712. The Labute approximate surface area is 125 Å². The first-order valence-electron chi connectivity index (χ1n) is 5.17. The summed E-state index contributed by atoms with van der Waals surface area (Å²) in [6.07, 6.45) is 0.387. The average molecular weight is 405 g/mol. The summed E-state index contributed by atoms with van der Waals surface area (Å²) in [6, 6.07) is 5.05. The Balaban J connectivity index is 2.82. The summed E-state index contributed by atoms with van der Waals surface area (Å²) < 4.78 is 28.3. The van der Waals surface area contributed by atoms with Crippen LogP contribution in [0.25, 0.3) is 0 Å². The molecule has 0 atom stereocenters. The minimum atomic E-state index is -3.64. The van der Waals surface area contributed by atoms with Gasteiger partial charge in [0.2, 0.25) is 0 Å². The van der Waals surface area contributed by atoms with Gasteiger partial charge in [-0.1, -0.05) is 11.6 Å². The van der Waals surface area contributed by atoms with Gasteiger partial charge in [0.25, 0.3) is 0 Å². The van der Waals surface area contributed by atoms with Gasteiger partial charge in [-0.05, 0) is 47.2 Å². The first kappa shape index (κ1) is 16.0. The summed E-state index contributed by atoms with van der Waals surface area (Å²) >= 11 is 8.05. The highest BCUT2D eigenvalue weighted by Crippen LogP contribution is 2.25. The lowest BCUT2D eigenvalue weighted by molar-refractivity contribution is 0.276. The molecule has 8 heteroatoms. The Morgan fingerprint density at radius 3 is 2.72 bits per heavy atom. The Hall–Kier alpha value is -0.0900. The summed E-state index contributed by atoms with van der Waals surface area (Å²) in [5.41, 5.74) is 0.341. The molecule has 0 unspecified atom stereocenters. The second-order valence-corrected chi connectivity index (χ2v) is 7.06. The fourth-order valence-corrected chi connectivity index (χ4v) is 3.14. The second-order valence-electron chi connectivity index (χ2n) is 3.63. The molecular formula is C10H14ClIN2O3S. The van der Waals surface area contributed by atoms with Crippen LogP contribution in [-0.4, -0.2) is 38.0 Å². The highest BCUT2D eigenvalue weighted by Gasteiger charge is 2.18. The van der Waals surface area contributed by atoms with Crippen molar-refractivity contribution in [2.75, 3.05) is 24.9 Å². The van der Waals surface area contributed by atoms with Crippen molar-refractivity contribution in [3.05, 3.63) is 26.8 Å². The number of nitrogens with zero attached hydrogens (tertiary/aromatic N) is 1. The van der Waals surface area contributed by atoms with Gasteiger partial charge in [0.1, 0.15) is 0 Å². The molecule has 0 aliphatic rings. The van der Waals surface area contributed by atoms with Crippen LogP contribution in [0.4, 0.5) is 5.69 Å². The van der Waals surface area contributed by atoms with E-state index in [9.17, 15) is 8.42 Å². The van der Waals surface area contributed by atoms with E-state index in [-0.39, 0.29) is 13.2 Å². The van der Waals surface area contributed by atoms with Crippen molar-refractivity contribution in [2.24, 2.45) is 0 Å². The number of benzene rings is 1. The van der Waals surface area contributed by atoms with Crippen molar-refractivity contribution in [3.8, 4) is 0 Å². The average Bonchev–Trinajstić information content (AvgIpc) is 2.29. The molecule has 5 nitrogen and oxygen atoms in total. The van der Waals surface area contributed by atoms with Crippen LogP contribution in [0.3, 0.4) is 0 Å². The van der Waals surface area contributed by atoms with Crippen LogP contribution in [0.15, 0.2) is 18.2 Å². The van der Waals surface area contributed by atoms with E-state index in [4.69, 9.17) is 16.7 Å². The first-order chi connectivity index (χ1) is 8.36. The van der Waals surface area contributed by atoms with E-state index in [1.54, 1.807) is 18.2 Å². The Kier molecular flexibility index (Phi) is 6.12. The van der Waals surface area contributed by atoms with Gasteiger partial charge >= 0.3 is 10.2 Å². The fraction of sp³-hybridized carbons (Fsp3) is 0.400. The van der Waals surface area contributed by atoms with E-state index in [0.29, 0.717) is 17.1 Å². The molecule has 0 radical (unpaired) electrons. The van der Waals surface area contributed by atoms with Gasteiger partial charge < -0.3 is 5.11 Å². The van der Waals surface area contributed by atoms with E-state index >= 15 is 0 Å². The van der Waals surface area contributed by atoms with Gasteiger partial charge in [-0.25, -0.2) is 0 Å². The zero-order valence-electron chi connectivity index (χ0n) is 9.73. The molecule has 0 saturated carbocycles. The lowest BCUT2D eigenvalue weighted by Crippen LogP contribution is -2.33. The number of nitrogens with one attached hydrogen (secondary N) is 1. The van der Waals surface area contributed by atoms with E-state index in [1.165, 1.54) is 7.05 Å². The molecule has 1 aromatic carbocycles. The molecule has 2 N–H and O–H groups in total. The monoisotopic (exact) mass is 404 g/mol. The molecule has 102 valence electrons. The summed E-state index contributed by atoms with van der Waals surface area (Å²) in [5, 5.41) is 9.03. The number of hydrogen-bond donors (Lipinski definition) is 2. The fourth-order valence-electron chi connectivity index (χ4n) is 1.20. The van der Waals surface area contributed by atoms with Crippen LogP contribution >= 0.6 is 34.2 Å². The Morgan fingerprint density at radius 1 is 1.50 bits per heavy atom. The Bertz CT molecular complexity index is 510. The third kappa shape index (κ3) is 4.54. The highest BCUT2D eigenvalue weighted by molar-refractivity contribution is 14.1. The molecule has 1 rings (SSSR count). The van der Waals surface area contributed by atoms with Gasteiger partial charge in [-0.2, -0.15) is 12.7 Å². The van der Waals surface area contributed by atoms with Crippen LogP contribution in [0, 0.1) is 3.57 Å². The Morgan fingerprint density at radius 2 is 2.17 bits per heavy atom. The third-order valence-corrected chi connectivity index (χ3v) is 4.68. The molecular weight excluding hydrogens is 391 g/mol. The van der Waals surface area contributed by atoms with Crippen molar-refractivity contribution < 1.29 is 13.5 Å². The van der Waals surface area contributed by atoms with E-state index in [1.807, 2.05) is 0 Å². The molecule has 0 amide bonds. The molecule has 18 heavy (non-hydrogen) atoms. The van der Waals surface area contributed by atoms with Gasteiger partial charge in [-0.3, -0.25) is 4.72 Å². The molecule has 0 aliphatic carbocycles. The molecule has 0 aliphatic heterocycles.